The number of carbonyl (C=O) groups is 2. The lowest BCUT2D eigenvalue weighted by molar-refractivity contribution is -0.148. The van der Waals surface area contributed by atoms with Crippen LogP contribution in [0.2, 0.25) is 0 Å². The molecule has 3 rings (SSSR count). The molecule has 2 aliphatic rings. The Bertz CT molecular complexity index is 487. The zero-order chi connectivity index (χ0) is 13.2. The standard InChI is InChI=1S/C14H15NO4/c16-13-11-6-10(19-13)7-12(11)15-14(17)18-8-9-4-2-1-3-5-9/h1-5,10-12H,6-8H2,(H,15,17). The number of amides is 1. The fraction of sp³-hybridized carbons (Fsp3) is 0.429. The van der Waals surface area contributed by atoms with E-state index in [0.717, 1.165) is 5.56 Å². The summed E-state index contributed by atoms with van der Waals surface area (Å²) in [6.45, 7) is 0.234. The molecule has 0 aromatic heterocycles. The third-order valence-corrected chi connectivity index (χ3v) is 3.62. The Labute approximate surface area is 110 Å². The average molecular weight is 261 g/mol. The molecule has 5 nitrogen and oxygen atoms in total. The Balaban J connectivity index is 1.48. The van der Waals surface area contributed by atoms with Gasteiger partial charge in [0.15, 0.2) is 0 Å². The lowest BCUT2D eigenvalue weighted by Crippen LogP contribution is -2.42. The fourth-order valence-corrected chi connectivity index (χ4v) is 2.68. The number of hydrogen-bond donors (Lipinski definition) is 1. The van der Waals surface area contributed by atoms with Gasteiger partial charge in [0.1, 0.15) is 12.7 Å². The highest BCUT2D eigenvalue weighted by molar-refractivity contribution is 5.78. The van der Waals surface area contributed by atoms with E-state index >= 15 is 0 Å². The summed E-state index contributed by atoms with van der Waals surface area (Å²) >= 11 is 0. The minimum Gasteiger partial charge on any atom is -0.462 e. The van der Waals surface area contributed by atoms with Crippen LogP contribution in [-0.4, -0.2) is 24.2 Å². The van der Waals surface area contributed by atoms with Crippen LogP contribution in [0.3, 0.4) is 0 Å². The number of carbonyl (C=O) groups excluding carboxylic acids is 2. The predicted octanol–water partition coefficient (Wildman–Crippen LogP) is 1.62. The predicted molar refractivity (Wildman–Crippen MR) is 66.2 cm³/mol. The van der Waals surface area contributed by atoms with E-state index in [4.69, 9.17) is 9.47 Å². The Kier molecular flexibility index (Phi) is 3.11. The first-order valence-electron chi connectivity index (χ1n) is 6.40. The van der Waals surface area contributed by atoms with Crippen LogP contribution in [0.1, 0.15) is 18.4 Å². The van der Waals surface area contributed by atoms with Gasteiger partial charge in [-0.15, -0.1) is 0 Å². The summed E-state index contributed by atoms with van der Waals surface area (Å²) < 4.78 is 10.2. The number of esters is 1. The Hall–Kier alpha value is -2.04. The number of ether oxygens (including phenoxy) is 2. The largest absolute Gasteiger partial charge is 0.462 e. The molecule has 100 valence electrons. The van der Waals surface area contributed by atoms with Gasteiger partial charge in [0.25, 0.3) is 0 Å². The lowest BCUT2D eigenvalue weighted by Gasteiger charge is -2.21. The topological polar surface area (TPSA) is 64.6 Å². The summed E-state index contributed by atoms with van der Waals surface area (Å²) in [4.78, 5) is 23.1. The molecule has 0 spiro atoms. The minimum absolute atomic E-state index is 0.0306. The van der Waals surface area contributed by atoms with Gasteiger partial charge in [-0.2, -0.15) is 0 Å². The maximum Gasteiger partial charge on any atom is 0.407 e. The zero-order valence-corrected chi connectivity index (χ0v) is 10.4. The van der Waals surface area contributed by atoms with E-state index in [1.54, 1.807) is 0 Å². The normalized spacial score (nSPS) is 28.0. The second-order valence-electron chi connectivity index (χ2n) is 4.95. The molecule has 19 heavy (non-hydrogen) atoms. The summed E-state index contributed by atoms with van der Waals surface area (Å²) in [5.74, 6) is -0.404. The molecular formula is C14H15NO4. The Morgan fingerprint density at radius 2 is 2.11 bits per heavy atom. The van der Waals surface area contributed by atoms with E-state index < -0.39 is 6.09 Å². The maximum atomic E-state index is 11.7. The summed E-state index contributed by atoms with van der Waals surface area (Å²) in [6, 6.07) is 9.33. The van der Waals surface area contributed by atoms with Gasteiger partial charge in [-0.1, -0.05) is 30.3 Å². The summed E-state index contributed by atoms with van der Waals surface area (Å²) in [6.07, 6.45) is 0.894. The van der Waals surface area contributed by atoms with E-state index in [1.807, 2.05) is 30.3 Å². The number of alkyl carbamates (subject to hydrolysis) is 1. The van der Waals surface area contributed by atoms with E-state index in [9.17, 15) is 9.59 Å². The summed E-state index contributed by atoms with van der Waals surface area (Å²) in [7, 11) is 0. The van der Waals surface area contributed by atoms with Crippen LogP contribution >= 0.6 is 0 Å². The molecule has 1 N–H and O–H groups in total. The first-order valence-corrected chi connectivity index (χ1v) is 6.40. The van der Waals surface area contributed by atoms with Crippen molar-refractivity contribution in [2.24, 2.45) is 5.92 Å². The van der Waals surface area contributed by atoms with Crippen LogP contribution in [0.25, 0.3) is 0 Å². The zero-order valence-electron chi connectivity index (χ0n) is 10.4. The van der Waals surface area contributed by atoms with Gasteiger partial charge in [-0.05, 0) is 12.0 Å². The number of rotatable bonds is 3. The van der Waals surface area contributed by atoms with E-state index in [0.29, 0.717) is 12.8 Å². The van der Waals surface area contributed by atoms with Crippen LogP contribution in [0.15, 0.2) is 30.3 Å². The van der Waals surface area contributed by atoms with Crippen LogP contribution < -0.4 is 5.32 Å². The third-order valence-electron chi connectivity index (χ3n) is 3.62. The Morgan fingerprint density at radius 3 is 2.79 bits per heavy atom. The smallest absolute Gasteiger partial charge is 0.407 e. The molecule has 3 atom stereocenters. The molecule has 2 bridgehead atoms. The van der Waals surface area contributed by atoms with Crippen LogP contribution in [0, 0.1) is 5.92 Å². The molecule has 1 saturated carbocycles. The first kappa shape index (κ1) is 12.0. The highest BCUT2D eigenvalue weighted by Gasteiger charge is 2.48. The Morgan fingerprint density at radius 1 is 1.32 bits per heavy atom. The van der Waals surface area contributed by atoms with Crippen molar-refractivity contribution in [3.8, 4) is 0 Å². The van der Waals surface area contributed by atoms with Crippen molar-refractivity contribution < 1.29 is 19.1 Å². The second kappa shape index (κ2) is 4.91. The molecule has 0 radical (unpaired) electrons. The number of benzene rings is 1. The molecule has 1 aromatic rings. The third kappa shape index (κ3) is 2.54. The van der Waals surface area contributed by atoms with Crippen molar-refractivity contribution in [2.75, 3.05) is 0 Å². The number of hydrogen-bond acceptors (Lipinski definition) is 4. The molecule has 1 aromatic carbocycles. The van der Waals surface area contributed by atoms with Gasteiger partial charge < -0.3 is 14.8 Å². The van der Waals surface area contributed by atoms with Gasteiger partial charge in [0.2, 0.25) is 0 Å². The summed E-state index contributed by atoms with van der Waals surface area (Å²) in [5, 5.41) is 2.75. The van der Waals surface area contributed by atoms with Gasteiger partial charge in [-0.3, -0.25) is 4.79 Å². The first-order chi connectivity index (χ1) is 9.22. The van der Waals surface area contributed by atoms with Crippen molar-refractivity contribution in [2.45, 2.75) is 31.6 Å². The van der Waals surface area contributed by atoms with Gasteiger partial charge in [0, 0.05) is 12.5 Å². The highest BCUT2D eigenvalue weighted by atomic mass is 16.6. The quantitative estimate of drug-likeness (QED) is 0.840. The van der Waals surface area contributed by atoms with Crippen molar-refractivity contribution in [3.63, 3.8) is 0 Å². The average Bonchev–Trinajstić information content (AvgIpc) is 2.96. The molecule has 1 aliphatic carbocycles. The molecule has 2 fully saturated rings. The molecule has 1 aliphatic heterocycles. The van der Waals surface area contributed by atoms with Gasteiger partial charge >= 0.3 is 12.1 Å². The molecule has 1 amide bonds. The van der Waals surface area contributed by atoms with Gasteiger partial charge in [0.05, 0.1) is 5.92 Å². The monoisotopic (exact) mass is 261 g/mol. The van der Waals surface area contributed by atoms with E-state index in [2.05, 4.69) is 5.32 Å². The molecular weight excluding hydrogens is 246 g/mol. The fourth-order valence-electron chi connectivity index (χ4n) is 2.68. The van der Waals surface area contributed by atoms with Crippen molar-refractivity contribution in [1.29, 1.82) is 0 Å². The summed E-state index contributed by atoms with van der Waals surface area (Å²) in [5.41, 5.74) is 0.935. The highest BCUT2D eigenvalue weighted by Crippen LogP contribution is 2.36. The van der Waals surface area contributed by atoms with Gasteiger partial charge in [-0.25, -0.2) is 4.79 Å². The van der Waals surface area contributed by atoms with Crippen LogP contribution in [0.4, 0.5) is 4.79 Å². The molecule has 5 heteroatoms. The number of nitrogens with one attached hydrogen (secondary N) is 1. The maximum absolute atomic E-state index is 11.7. The minimum atomic E-state index is -0.478. The van der Waals surface area contributed by atoms with Crippen molar-refractivity contribution in [1.82, 2.24) is 5.32 Å². The van der Waals surface area contributed by atoms with Crippen LogP contribution in [-0.2, 0) is 20.9 Å². The molecule has 1 saturated heterocycles. The molecule has 1 heterocycles. The number of fused-ring (bicyclic) bond motifs is 2. The van der Waals surface area contributed by atoms with Crippen molar-refractivity contribution in [3.05, 3.63) is 35.9 Å². The second-order valence-corrected chi connectivity index (χ2v) is 4.95. The van der Waals surface area contributed by atoms with Crippen molar-refractivity contribution >= 4 is 12.1 Å². The lowest BCUT2D eigenvalue weighted by atomic mass is 10.1. The van der Waals surface area contributed by atoms with E-state index in [1.165, 1.54) is 0 Å². The van der Waals surface area contributed by atoms with Crippen LogP contribution in [0.5, 0.6) is 0 Å². The SMILES string of the molecule is O=C(NC1CC2CC1C(=O)O2)OCc1ccccc1. The van der Waals surface area contributed by atoms with E-state index in [-0.39, 0.29) is 30.6 Å². The molecule has 3 unspecified atom stereocenters.